The molecule has 1 unspecified atom stereocenters. The van der Waals surface area contributed by atoms with Crippen LogP contribution in [0, 0.1) is 0 Å². The van der Waals surface area contributed by atoms with Crippen LogP contribution in [0.25, 0.3) is 0 Å². The van der Waals surface area contributed by atoms with Crippen molar-refractivity contribution < 1.29 is 4.79 Å². The summed E-state index contributed by atoms with van der Waals surface area (Å²) in [5, 5.41) is 3.11. The topological polar surface area (TPSA) is 58.4 Å². The number of nitrogens with two attached hydrogens (primary N) is 1. The van der Waals surface area contributed by atoms with Gasteiger partial charge in [-0.1, -0.05) is 25.0 Å². The molecule has 1 aliphatic heterocycles. The highest BCUT2D eigenvalue weighted by molar-refractivity contribution is 5.86. The molecule has 3 N–H and O–H groups in total. The number of carbonyl (C=O) groups is 1. The van der Waals surface area contributed by atoms with Crippen molar-refractivity contribution in [1.29, 1.82) is 0 Å². The minimum atomic E-state index is -0.652. The monoisotopic (exact) mass is 301 g/mol. The van der Waals surface area contributed by atoms with Crippen molar-refractivity contribution >= 4 is 11.6 Å². The average Bonchev–Trinajstić information content (AvgIpc) is 3.19. The van der Waals surface area contributed by atoms with Gasteiger partial charge in [-0.15, -0.1) is 0 Å². The first kappa shape index (κ1) is 15.3. The molecule has 1 amide bonds. The highest BCUT2D eigenvalue weighted by Gasteiger charge is 2.37. The van der Waals surface area contributed by atoms with Crippen molar-refractivity contribution in [3.05, 3.63) is 29.8 Å². The molecule has 1 aromatic rings. The third-order valence-electron chi connectivity index (χ3n) is 5.14. The summed E-state index contributed by atoms with van der Waals surface area (Å²) in [6.45, 7) is 4.31. The quantitative estimate of drug-likeness (QED) is 0.899. The molecule has 0 radical (unpaired) electrons. The molecule has 0 spiro atoms. The van der Waals surface area contributed by atoms with Crippen molar-refractivity contribution in [1.82, 2.24) is 5.32 Å². The van der Waals surface area contributed by atoms with E-state index >= 15 is 0 Å². The maximum Gasteiger partial charge on any atom is 0.240 e. The van der Waals surface area contributed by atoms with Gasteiger partial charge in [0.25, 0.3) is 0 Å². The fraction of sp³-hybridized carbons (Fsp3) is 0.611. The highest BCUT2D eigenvalue weighted by Crippen LogP contribution is 2.29. The molecule has 120 valence electrons. The standard InChI is InChI=1S/C18H27N3O/c1-14(20-17(22)18(19)9-2-3-10-18)15-7-6-8-16(13-15)21-11-4-5-12-21/h6-8,13-14H,2-5,9-12,19H2,1H3,(H,20,22). The van der Waals surface area contributed by atoms with Crippen molar-refractivity contribution in [3.63, 3.8) is 0 Å². The Morgan fingerprint density at radius 1 is 1.23 bits per heavy atom. The largest absolute Gasteiger partial charge is 0.372 e. The van der Waals surface area contributed by atoms with Crippen LogP contribution in [0.15, 0.2) is 24.3 Å². The number of hydrogen-bond donors (Lipinski definition) is 2. The van der Waals surface area contributed by atoms with Crippen LogP contribution < -0.4 is 16.0 Å². The van der Waals surface area contributed by atoms with E-state index in [0.717, 1.165) is 44.3 Å². The summed E-state index contributed by atoms with van der Waals surface area (Å²) < 4.78 is 0. The number of nitrogens with zero attached hydrogens (tertiary/aromatic N) is 1. The molecule has 4 heteroatoms. The van der Waals surface area contributed by atoms with Crippen LogP contribution in [0.3, 0.4) is 0 Å². The van der Waals surface area contributed by atoms with Gasteiger partial charge in [-0.25, -0.2) is 0 Å². The average molecular weight is 301 g/mol. The lowest BCUT2D eigenvalue weighted by molar-refractivity contribution is -0.126. The molecule has 22 heavy (non-hydrogen) atoms. The van der Waals surface area contributed by atoms with Crippen molar-refractivity contribution in [2.75, 3.05) is 18.0 Å². The second-order valence-electron chi connectivity index (χ2n) is 6.85. The van der Waals surface area contributed by atoms with E-state index in [0.29, 0.717) is 0 Å². The van der Waals surface area contributed by atoms with E-state index in [4.69, 9.17) is 5.73 Å². The predicted octanol–water partition coefficient (Wildman–Crippen LogP) is 2.74. The van der Waals surface area contributed by atoms with Gasteiger partial charge in [0.2, 0.25) is 5.91 Å². The minimum absolute atomic E-state index is 0.00363. The Bertz CT molecular complexity index is 531. The van der Waals surface area contributed by atoms with E-state index in [-0.39, 0.29) is 11.9 Å². The highest BCUT2D eigenvalue weighted by atomic mass is 16.2. The van der Waals surface area contributed by atoms with Crippen molar-refractivity contribution in [2.45, 2.75) is 57.0 Å². The van der Waals surface area contributed by atoms with Crippen LogP contribution in [0.4, 0.5) is 5.69 Å². The number of rotatable bonds is 4. The molecule has 1 heterocycles. The van der Waals surface area contributed by atoms with E-state index in [1.807, 2.05) is 6.92 Å². The lowest BCUT2D eigenvalue weighted by atomic mass is 9.97. The maximum atomic E-state index is 12.4. The molecule has 1 aromatic carbocycles. The molecular formula is C18H27N3O. The van der Waals surface area contributed by atoms with Crippen molar-refractivity contribution in [3.8, 4) is 0 Å². The Kier molecular flexibility index (Phi) is 4.39. The van der Waals surface area contributed by atoms with Crippen LogP contribution in [0.5, 0.6) is 0 Å². The number of nitrogens with one attached hydrogen (secondary N) is 1. The maximum absolute atomic E-state index is 12.4. The third kappa shape index (κ3) is 3.12. The fourth-order valence-electron chi connectivity index (χ4n) is 3.62. The van der Waals surface area contributed by atoms with Crippen molar-refractivity contribution in [2.24, 2.45) is 5.73 Å². The molecule has 0 bridgehead atoms. The van der Waals surface area contributed by atoms with Gasteiger partial charge in [0.1, 0.15) is 0 Å². The van der Waals surface area contributed by atoms with Gasteiger partial charge in [-0.3, -0.25) is 4.79 Å². The molecule has 1 saturated carbocycles. The summed E-state index contributed by atoms with van der Waals surface area (Å²) in [7, 11) is 0. The van der Waals surface area contributed by atoms with Crippen LogP contribution in [-0.4, -0.2) is 24.5 Å². The zero-order valence-corrected chi connectivity index (χ0v) is 13.5. The van der Waals surface area contributed by atoms with Crippen LogP contribution >= 0.6 is 0 Å². The first-order valence-corrected chi connectivity index (χ1v) is 8.53. The number of benzene rings is 1. The predicted molar refractivity (Wildman–Crippen MR) is 89.8 cm³/mol. The first-order chi connectivity index (χ1) is 10.6. The van der Waals surface area contributed by atoms with Gasteiger partial charge in [0.15, 0.2) is 0 Å². The summed E-state index contributed by atoms with van der Waals surface area (Å²) in [5.41, 5.74) is 8.00. The number of hydrogen-bond acceptors (Lipinski definition) is 3. The molecule has 2 aliphatic rings. The van der Waals surface area contributed by atoms with Crippen LogP contribution in [0.1, 0.15) is 57.1 Å². The second kappa shape index (κ2) is 6.29. The molecular weight excluding hydrogens is 274 g/mol. The van der Waals surface area contributed by atoms with Crippen LogP contribution in [0.2, 0.25) is 0 Å². The third-order valence-corrected chi connectivity index (χ3v) is 5.14. The molecule has 3 rings (SSSR count). The van der Waals surface area contributed by atoms with E-state index in [1.165, 1.54) is 18.5 Å². The Balaban J connectivity index is 1.68. The van der Waals surface area contributed by atoms with Gasteiger partial charge in [-0.2, -0.15) is 0 Å². The van der Waals surface area contributed by atoms with E-state index in [2.05, 4.69) is 34.5 Å². The van der Waals surface area contributed by atoms with E-state index in [1.54, 1.807) is 0 Å². The molecule has 1 saturated heterocycles. The minimum Gasteiger partial charge on any atom is -0.372 e. The Hall–Kier alpha value is -1.55. The molecule has 1 atom stereocenters. The number of amides is 1. The Labute approximate surface area is 133 Å². The van der Waals surface area contributed by atoms with Gasteiger partial charge in [-0.05, 0) is 50.3 Å². The zero-order valence-electron chi connectivity index (χ0n) is 13.5. The number of carbonyl (C=O) groups excluding carboxylic acids is 1. The van der Waals surface area contributed by atoms with Gasteiger partial charge < -0.3 is 16.0 Å². The summed E-state index contributed by atoms with van der Waals surface area (Å²) in [4.78, 5) is 14.9. The molecule has 1 aliphatic carbocycles. The van der Waals surface area contributed by atoms with E-state index in [9.17, 15) is 4.79 Å². The molecule has 2 fully saturated rings. The Morgan fingerprint density at radius 3 is 2.59 bits per heavy atom. The van der Waals surface area contributed by atoms with Gasteiger partial charge in [0, 0.05) is 18.8 Å². The fourth-order valence-corrected chi connectivity index (χ4v) is 3.62. The lowest BCUT2D eigenvalue weighted by Crippen LogP contribution is -2.52. The van der Waals surface area contributed by atoms with Crippen LogP contribution in [-0.2, 0) is 4.79 Å². The van der Waals surface area contributed by atoms with E-state index < -0.39 is 5.54 Å². The SMILES string of the molecule is CC(NC(=O)C1(N)CCCC1)c1cccc(N2CCCC2)c1. The summed E-state index contributed by atoms with van der Waals surface area (Å²) >= 11 is 0. The molecule has 0 aromatic heterocycles. The summed E-state index contributed by atoms with van der Waals surface area (Å²) in [6.07, 6.45) is 6.27. The molecule has 4 nitrogen and oxygen atoms in total. The summed E-state index contributed by atoms with van der Waals surface area (Å²) in [5.74, 6) is 0.00377. The smallest absolute Gasteiger partial charge is 0.240 e. The second-order valence-corrected chi connectivity index (χ2v) is 6.85. The lowest BCUT2D eigenvalue weighted by Gasteiger charge is -2.26. The number of anilines is 1. The first-order valence-electron chi connectivity index (χ1n) is 8.53. The van der Waals surface area contributed by atoms with Gasteiger partial charge in [0.05, 0.1) is 11.6 Å². The zero-order chi connectivity index (χ0) is 15.6. The Morgan fingerprint density at radius 2 is 1.91 bits per heavy atom. The summed E-state index contributed by atoms with van der Waals surface area (Å²) in [6, 6.07) is 8.52. The normalized spacial score (nSPS) is 21.8. The van der Waals surface area contributed by atoms with Gasteiger partial charge >= 0.3 is 0 Å².